The minimum absolute atomic E-state index is 0.633. The van der Waals surface area contributed by atoms with Crippen LogP contribution in [0.15, 0.2) is 48.8 Å². The molecular formula is C15H14N4. The number of nitrogens with two attached hydrogens (primary N) is 1. The summed E-state index contributed by atoms with van der Waals surface area (Å²) in [7, 11) is 0. The first-order chi connectivity index (χ1) is 9.22. The summed E-state index contributed by atoms with van der Waals surface area (Å²) in [5.41, 5.74) is 9.46. The van der Waals surface area contributed by atoms with Crippen LogP contribution in [0.3, 0.4) is 0 Å². The summed E-state index contributed by atoms with van der Waals surface area (Å²) in [6.45, 7) is 1.96. The first-order valence-corrected chi connectivity index (χ1v) is 6.06. The molecule has 0 amide bonds. The maximum atomic E-state index is 5.94. The number of benzene rings is 1. The van der Waals surface area contributed by atoms with Gasteiger partial charge in [-0.2, -0.15) is 0 Å². The molecule has 1 aromatic carbocycles. The fourth-order valence-corrected chi connectivity index (χ4v) is 1.97. The Morgan fingerprint density at radius 3 is 2.74 bits per heavy atom. The molecular weight excluding hydrogens is 236 g/mol. The number of aromatic nitrogens is 2. The number of hydrogen-bond acceptors (Lipinski definition) is 4. The SMILES string of the molecule is Cc1cnc(Nc2cnc3ccccc3c2)c(N)c1. The largest absolute Gasteiger partial charge is 0.396 e. The smallest absolute Gasteiger partial charge is 0.153 e. The third kappa shape index (κ3) is 2.33. The zero-order valence-corrected chi connectivity index (χ0v) is 10.6. The third-order valence-corrected chi connectivity index (χ3v) is 2.91. The lowest BCUT2D eigenvalue weighted by Crippen LogP contribution is -2.00. The lowest BCUT2D eigenvalue weighted by molar-refractivity contribution is 1.26. The first-order valence-electron chi connectivity index (χ1n) is 6.06. The Kier molecular flexibility index (Phi) is 2.76. The van der Waals surface area contributed by atoms with E-state index in [-0.39, 0.29) is 0 Å². The van der Waals surface area contributed by atoms with Gasteiger partial charge in [0, 0.05) is 11.6 Å². The van der Waals surface area contributed by atoms with Crippen LogP contribution in [0, 0.1) is 6.92 Å². The van der Waals surface area contributed by atoms with Crippen LogP contribution in [-0.4, -0.2) is 9.97 Å². The van der Waals surface area contributed by atoms with Crippen molar-refractivity contribution >= 4 is 28.1 Å². The predicted octanol–water partition coefficient (Wildman–Crippen LogP) is 3.26. The average molecular weight is 250 g/mol. The second-order valence-electron chi connectivity index (χ2n) is 4.49. The fourth-order valence-electron chi connectivity index (χ4n) is 1.97. The van der Waals surface area contributed by atoms with E-state index < -0.39 is 0 Å². The van der Waals surface area contributed by atoms with Crippen LogP contribution >= 0.6 is 0 Å². The standard InChI is InChI=1S/C15H14N4/c1-10-6-13(16)15(18-8-10)19-12-7-11-4-2-3-5-14(11)17-9-12/h2-9H,16H2,1H3,(H,18,19). The normalized spacial score (nSPS) is 10.6. The summed E-state index contributed by atoms with van der Waals surface area (Å²) in [6, 6.07) is 11.9. The van der Waals surface area contributed by atoms with Crippen molar-refractivity contribution in [1.82, 2.24) is 9.97 Å². The summed E-state index contributed by atoms with van der Waals surface area (Å²) in [4.78, 5) is 8.68. The molecule has 0 radical (unpaired) electrons. The molecule has 4 nitrogen and oxygen atoms in total. The summed E-state index contributed by atoms with van der Waals surface area (Å²) in [5, 5.41) is 4.27. The van der Waals surface area contributed by atoms with Crippen LogP contribution in [0.1, 0.15) is 5.56 Å². The van der Waals surface area contributed by atoms with E-state index in [1.165, 1.54) is 0 Å². The lowest BCUT2D eigenvalue weighted by atomic mass is 10.2. The van der Waals surface area contributed by atoms with Crippen molar-refractivity contribution in [2.45, 2.75) is 6.92 Å². The Hall–Kier alpha value is -2.62. The van der Waals surface area contributed by atoms with E-state index in [0.717, 1.165) is 22.2 Å². The second-order valence-corrected chi connectivity index (χ2v) is 4.49. The number of fused-ring (bicyclic) bond motifs is 1. The third-order valence-electron chi connectivity index (χ3n) is 2.91. The average Bonchev–Trinajstić information content (AvgIpc) is 2.42. The van der Waals surface area contributed by atoms with Crippen molar-refractivity contribution in [3.8, 4) is 0 Å². The molecule has 3 N–H and O–H groups in total. The number of hydrogen-bond donors (Lipinski definition) is 2. The fraction of sp³-hybridized carbons (Fsp3) is 0.0667. The molecule has 3 rings (SSSR count). The molecule has 0 unspecified atom stereocenters. The number of aryl methyl sites for hydroxylation is 1. The van der Waals surface area contributed by atoms with E-state index in [1.54, 1.807) is 12.4 Å². The van der Waals surface area contributed by atoms with Crippen molar-refractivity contribution < 1.29 is 0 Å². The molecule has 2 aromatic heterocycles. The van der Waals surface area contributed by atoms with Crippen molar-refractivity contribution in [1.29, 1.82) is 0 Å². The van der Waals surface area contributed by atoms with Gasteiger partial charge in [0.1, 0.15) is 0 Å². The van der Waals surface area contributed by atoms with Gasteiger partial charge in [0.2, 0.25) is 0 Å². The molecule has 19 heavy (non-hydrogen) atoms. The summed E-state index contributed by atoms with van der Waals surface area (Å²) in [6.07, 6.45) is 3.57. The lowest BCUT2D eigenvalue weighted by Gasteiger charge is -2.09. The molecule has 2 heterocycles. The van der Waals surface area contributed by atoms with Gasteiger partial charge in [-0.1, -0.05) is 18.2 Å². The summed E-state index contributed by atoms with van der Waals surface area (Å²) >= 11 is 0. The minimum Gasteiger partial charge on any atom is -0.396 e. The molecule has 0 saturated carbocycles. The highest BCUT2D eigenvalue weighted by atomic mass is 15.0. The highest BCUT2D eigenvalue weighted by Crippen LogP contribution is 2.23. The molecule has 0 saturated heterocycles. The Labute approximate surface area is 111 Å². The molecule has 0 atom stereocenters. The van der Waals surface area contributed by atoms with E-state index in [4.69, 9.17) is 5.73 Å². The highest BCUT2D eigenvalue weighted by molar-refractivity contribution is 5.83. The molecule has 0 aliphatic heterocycles. The molecule has 3 aromatic rings. The van der Waals surface area contributed by atoms with Gasteiger partial charge < -0.3 is 11.1 Å². The first kappa shape index (κ1) is 11.5. The summed E-state index contributed by atoms with van der Waals surface area (Å²) in [5.74, 6) is 0.655. The minimum atomic E-state index is 0.633. The van der Waals surface area contributed by atoms with Crippen LogP contribution < -0.4 is 11.1 Å². The Balaban J connectivity index is 1.96. The summed E-state index contributed by atoms with van der Waals surface area (Å²) < 4.78 is 0. The van der Waals surface area contributed by atoms with Crippen molar-refractivity contribution in [2.75, 3.05) is 11.1 Å². The van der Waals surface area contributed by atoms with Gasteiger partial charge >= 0.3 is 0 Å². The number of nitrogens with one attached hydrogen (secondary N) is 1. The van der Waals surface area contributed by atoms with E-state index >= 15 is 0 Å². The van der Waals surface area contributed by atoms with Crippen molar-refractivity contribution in [3.05, 3.63) is 54.4 Å². The second kappa shape index (κ2) is 4.57. The molecule has 4 heteroatoms. The number of pyridine rings is 2. The number of nitrogen functional groups attached to an aromatic ring is 1. The van der Waals surface area contributed by atoms with Gasteiger partial charge in [0.05, 0.1) is 23.1 Å². The van der Waals surface area contributed by atoms with Crippen molar-refractivity contribution in [3.63, 3.8) is 0 Å². The van der Waals surface area contributed by atoms with E-state index in [1.807, 2.05) is 43.3 Å². The topological polar surface area (TPSA) is 63.8 Å². The van der Waals surface area contributed by atoms with E-state index in [0.29, 0.717) is 11.5 Å². The number of para-hydroxylation sites is 1. The van der Waals surface area contributed by atoms with Crippen LogP contribution in [0.25, 0.3) is 10.9 Å². The number of anilines is 3. The number of nitrogens with zero attached hydrogens (tertiary/aromatic N) is 2. The number of rotatable bonds is 2. The Bertz CT molecular complexity index is 737. The Morgan fingerprint density at radius 2 is 1.89 bits per heavy atom. The van der Waals surface area contributed by atoms with E-state index in [2.05, 4.69) is 15.3 Å². The molecule has 0 bridgehead atoms. The van der Waals surface area contributed by atoms with Gasteiger partial charge in [-0.15, -0.1) is 0 Å². The molecule has 94 valence electrons. The monoisotopic (exact) mass is 250 g/mol. The van der Waals surface area contributed by atoms with Crippen molar-refractivity contribution in [2.24, 2.45) is 0 Å². The zero-order valence-electron chi connectivity index (χ0n) is 10.6. The van der Waals surface area contributed by atoms with Gasteiger partial charge in [-0.05, 0) is 30.7 Å². The van der Waals surface area contributed by atoms with Gasteiger partial charge in [0.25, 0.3) is 0 Å². The van der Waals surface area contributed by atoms with Crippen LogP contribution in [0.2, 0.25) is 0 Å². The van der Waals surface area contributed by atoms with Crippen LogP contribution in [-0.2, 0) is 0 Å². The van der Waals surface area contributed by atoms with Gasteiger partial charge in [0.15, 0.2) is 5.82 Å². The van der Waals surface area contributed by atoms with Gasteiger partial charge in [-0.25, -0.2) is 4.98 Å². The zero-order chi connectivity index (χ0) is 13.2. The molecule has 0 fully saturated rings. The van der Waals surface area contributed by atoms with E-state index in [9.17, 15) is 0 Å². The maximum absolute atomic E-state index is 5.94. The molecule has 0 spiro atoms. The van der Waals surface area contributed by atoms with Crippen LogP contribution in [0.5, 0.6) is 0 Å². The molecule has 0 aliphatic rings. The Morgan fingerprint density at radius 1 is 1.05 bits per heavy atom. The highest BCUT2D eigenvalue weighted by Gasteiger charge is 2.03. The predicted molar refractivity (Wildman–Crippen MR) is 78.4 cm³/mol. The van der Waals surface area contributed by atoms with Crippen LogP contribution in [0.4, 0.5) is 17.2 Å². The molecule has 0 aliphatic carbocycles. The maximum Gasteiger partial charge on any atom is 0.153 e. The quantitative estimate of drug-likeness (QED) is 0.732. The van der Waals surface area contributed by atoms with Gasteiger partial charge in [-0.3, -0.25) is 4.98 Å².